The highest BCUT2D eigenvalue weighted by atomic mass is 32.1. The van der Waals surface area contributed by atoms with Crippen molar-refractivity contribution >= 4 is 11.3 Å². The van der Waals surface area contributed by atoms with Gasteiger partial charge in [-0.2, -0.15) is 13.2 Å². The lowest BCUT2D eigenvalue weighted by atomic mass is 10.2. The van der Waals surface area contributed by atoms with Crippen LogP contribution in [0.15, 0.2) is 59.7 Å². The molecular formula is C19H14F3N5O2S. The fraction of sp³-hybridized carbons (Fsp3) is 0.158. The predicted octanol–water partition coefficient (Wildman–Crippen LogP) is 3.81. The molecule has 0 saturated carbocycles. The minimum absolute atomic E-state index is 0.0180. The number of pyridine rings is 1. The second-order valence-electron chi connectivity index (χ2n) is 6.24. The molecule has 154 valence electrons. The highest BCUT2D eigenvalue weighted by molar-refractivity contribution is 7.14. The third-order valence-electron chi connectivity index (χ3n) is 4.09. The van der Waals surface area contributed by atoms with Gasteiger partial charge in [-0.15, -0.1) is 10.2 Å². The van der Waals surface area contributed by atoms with Gasteiger partial charge in [0.25, 0.3) is 5.56 Å². The Bertz CT molecular complexity index is 1200. The zero-order valence-corrected chi connectivity index (χ0v) is 16.1. The van der Waals surface area contributed by atoms with E-state index >= 15 is 0 Å². The first-order valence-corrected chi connectivity index (χ1v) is 9.52. The van der Waals surface area contributed by atoms with Crippen molar-refractivity contribution in [3.8, 4) is 16.4 Å². The van der Waals surface area contributed by atoms with Crippen molar-refractivity contribution < 1.29 is 17.9 Å². The van der Waals surface area contributed by atoms with E-state index in [-0.39, 0.29) is 16.4 Å². The Balaban J connectivity index is 1.51. The average Bonchev–Trinajstić information content (AvgIpc) is 3.36. The van der Waals surface area contributed by atoms with Crippen LogP contribution < -0.4 is 5.56 Å². The first-order chi connectivity index (χ1) is 14.4. The summed E-state index contributed by atoms with van der Waals surface area (Å²) in [6, 6.07) is 13.1. The van der Waals surface area contributed by atoms with E-state index < -0.39 is 16.7 Å². The number of halogens is 3. The van der Waals surface area contributed by atoms with E-state index in [0.29, 0.717) is 24.6 Å². The first kappa shape index (κ1) is 20.0. The van der Waals surface area contributed by atoms with Crippen LogP contribution >= 0.6 is 11.3 Å². The van der Waals surface area contributed by atoms with Gasteiger partial charge in [0, 0.05) is 12.4 Å². The van der Waals surface area contributed by atoms with Gasteiger partial charge in [0.05, 0.1) is 18.8 Å². The van der Waals surface area contributed by atoms with Crippen LogP contribution in [0.5, 0.6) is 0 Å². The van der Waals surface area contributed by atoms with Gasteiger partial charge in [-0.3, -0.25) is 9.89 Å². The SMILES string of the molecule is O=c1c(-c2nnc(C(F)(F)F)s2)c[nH]n1-c1cc(COCc2ccccc2)ccn1. The fourth-order valence-corrected chi connectivity index (χ4v) is 3.39. The number of aromatic nitrogens is 5. The summed E-state index contributed by atoms with van der Waals surface area (Å²) in [7, 11) is 0. The molecule has 0 aliphatic rings. The molecule has 1 N–H and O–H groups in total. The van der Waals surface area contributed by atoms with Gasteiger partial charge >= 0.3 is 6.18 Å². The summed E-state index contributed by atoms with van der Waals surface area (Å²) in [5.74, 6) is 0.285. The summed E-state index contributed by atoms with van der Waals surface area (Å²) in [6.07, 6.45) is -1.81. The van der Waals surface area contributed by atoms with Crippen molar-refractivity contribution in [1.82, 2.24) is 25.0 Å². The minimum atomic E-state index is -4.61. The Morgan fingerprint density at radius 1 is 1.07 bits per heavy atom. The Kier molecular flexibility index (Phi) is 5.46. The number of alkyl halides is 3. The second kappa shape index (κ2) is 8.20. The van der Waals surface area contributed by atoms with E-state index in [9.17, 15) is 18.0 Å². The normalized spacial score (nSPS) is 11.7. The van der Waals surface area contributed by atoms with Crippen LogP contribution in [0.25, 0.3) is 16.4 Å². The number of H-pyrrole nitrogens is 1. The van der Waals surface area contributed by atoms with Crippen molar-refractivity contribution in [3.05, 3.63) is 81.3 Å². The molecule has 4 rings (SSSR count). The molecular weight excluding hydrogens is 419 g/mol. The Hall–Kier alpha value is -3.31. The highest BCUT2D eigenvalue weighted by Gasteiger charge is 2.36. The largest absolute Gasteiger partial charge is 0.445 e. The molecule has 0 fully saturated rings. The number of hydrogen-bond donors (Lipinski definition) is 1. The number of benzene rings is 1. The molecule has 7 nitrogen and oxygen atoms in total. The van der Waals surface area contributed by atoms with Gasteiger partial charge in [0.1, 0.15) is 0 Å². The van der Waals surface area contributed by atoms with Crippen LogP contribution in [-0.2, 0) is 24.1 Å². The van der Waals surface area contributed by atoms with Crippen molar-refractivity contribution in [1.29, 1.82) is 0 Å². The van der Waals surface area contributed by atoms with E-state index in [1.54, 1.807) is 12.1 Å². The summed E-state index contributed by atoms with van der Waals surface area (Å²) < 4.78 is 45.0. The van der Waals surface area contributed by atoms with E-state index in [0.717, 1.165) is 15.8 Å². The number of nitrogens with zero attached hydrogens (tertiary/aromatic N) is 4. The van der Waals surface area contributed by atoms with Gasteiger partial charge in [-0.1, -0.05) is 41.7 Å². The van der Waals surface area contributed by atoms with Gasteiger partial charge in [0.15, 0.2) is 10.8 Å². The smallest absolute Gasteiger partial charge is 0.372 e. The standard InChI is InChI=1S/C19H14F3N5O2S/c20-19(21,22)18-26-25-16(30-18)14-9-24-27(17(14)28)15-8-13(6-7-23-15)11-29-10-12-4-2-1-3-5-12/h1-9,24H,10-11H2. The Morgan fingerprint density at radius 3 is 2.57 bits per heavy atom. The number of ether oxygens (including phenoxy) is 1. The lowest BCUT2D eigenvalue weighted by molar-refractivity contribution is -0.138. The van der Waals surface area contributed by atoms with Gasteiger partial charge in [-0.25, -0.2) is 9.67 Å². The van der Waals surface area contributed by atoms with E-state index in [1.807, 2.05) is 30.3 Å². The molecule has 3 heterocycles. The molecule has 11 heteroatoms. The predicted molar refractivity (Wildman–Crippen MR) is 103 cm³/mol. The summed E-state index contributed by atoms with van der Waals surface area (Å²) >= 11 is 0.307. The molecule has 0 saturated heterocycles. The molecule has 0 aliphatic heterocycles. The molecule has 3 aromatic heterocycles. The molecule has 0 bridgehead atoms. The Labute approximate surface area is 171 Å². The summed E-state index contributed by atoms with van der Waals surface area (Å²) in [5.41, 5.74) is 1.23. The van der Waals surface area contributed by atoms with Crippen molar-refractivity contribution in [3.63, 3.8) is 0 Å². The molecule has 0 aliphatic carbocycles. The van der Waals surface area contributed by atoms with E-state index in [1.165, 1.54) is 12.4 Å². The molecule has 30 heavy (non-hydrogen) atoms. The lowest BCUT2D eigenvalue weighted by Gasteiger charge is -2.06. The van der Waals surface area contributed by atoms with Crippen LogP contribution in [0.3, 0.4) is 0 Å². The van der Waals surface area contributed by atoms with Crippen LogP contribution in [0.4, 0.5) is 13.2 Å². The zero-order chi connectivity index (χ0) is 21.1. The lowest BCUT2D eigenvalue weighted by Crippen LogP contribution is -2.17. The third kappa shape index (κ3) is 4.31. The maximum Gasteiger partial charge on any atom is 0.445 e. The van der Waals surface area contributed by atoms with Crippen LogP contribution in [-0.4, -0.2) is 25.0 Å². The first-order valence-electron chi connectivity index (χ1n) is 8.70. The molecule has 1 aromatic carbocycles. The van der Waals surface area contributed by atoms with Gasteiger partial charge in [0.2, 0.25) is 5.01 Å². The van der Waals surface area contributed by atoms with Crippen LogP contribution in [0.2, 0.25) is 0 Å². The molecule has 0 radical (unpaired) electrons. The third-order valence-corrected chi connectivity index (χ3v) is 5.09. The summed E-state index contributed by atoms with van der Waals surface area (Å²) in [4.78, 5) is 16.8. The van der Waals surface area contributed by atoms with E-state index in [4.69, 9.17) is 4.74 Å². The molecule has 4 aromatic rings. The number of hydrogen-bond acceptors (Lipinski definition) is 6. The number of aromatic amines is 1. The monoisotopic (exact) mass is 433 g/mol. The van der Waals surface area contributed by atoms with Gasteiger partial charge in [-0.05, 0) is 23.3 Å². The minimum Gasteiger partial charge on any atom is -0.372 e. The number of nitrogens with one attached hydrogen (secondary N) is 1. The molecule has 0 atom stereocenters. The van der Waals surface area contributed by atoms with Crippen molar-refractivity contribution in [2.75, 3.05) is 0 Å². The van der Waals surface area contributed by atoms with Crippen molar-refractivity contribution in [2.24, 2.45) is 0 Å². The zero-order valence-electron chi connectivity index (χ0n) is 15.3. The highest BCUT2D eigenvalue weighted by Crippen LogP contribution is 2.33. The maximum absolute atomic E-state index is 12.7. The molecule has 0 unspecified atom stereocenters. The fourth-order valence-electron chi connectivity index (χ4n) is 2.67. The number of rotatable bonds is 6. The maximum atomic E-state index is 12.7. The van der Waals surface area contributed by atoms with Crippen LogP contribution in [0.1, 0.15) is 16.1 Å². The topological polar surface area (TPSA) is 85.7 Å². The summed E-state index contributed by atoms with van der Waals surface area (Å²) in [5, 5.41) is 8.06. The average molecular weight is 433 g/mol. The Morgan fingerprint density at radius 2 is 1.83 bits per heavy atom. The summed E-state index contributed by atoms with van der Waals surface area (Å²) in [6.45, 7) is 0.738. The van der Waals surface area contributed by atoms with Gasteiger partial charge < -0.3 is 4.74 Å². The van der Waals surface area contributed by atoms with Crippen LogP contribution in [0, 0.1) is 0 Å². The molecule has 0 spiro atoms. The van der Waals surface area contributed by atoms with Crippen molar-refractivity contribution in [2.45, 2.75) is 19.4 Å². The second-order valence-corrected chi connectivity index (χ2v) is 7.22. The van der Waals surface area contributed by atoms with E-state index in [2.05, 4.69) is 20.3 Å². The quantitative estimate of drug-likeness (QED) is 0.500. The molecule has 0 amide bonds.